The summed E-state index contributed by atoms with van der Waals surface area (Å²) in [6.07, 6.45) is 2.91. The summed E-state index contributed by atoms with van der Waals surface area (Å²) in [5.74, 6) is 0.293. The fraction of sp³-hybridized carbons (Fsp3) is 0.538. The molecule has 3 N–H and O–H groups in total. The van der Waals surface area contributed by atoms with Crippen LogP contribution in [0, 0.1) is 6.92 Å². The van der Waals surface area contributed by atoms with E-state index >= 15 is 0 Å². The minimum absolute atomic E-state index is 0.0191. The first-order valence-corrected chi connectivity index (χ1v) is 6.28. The molecule has 0 saturated carbocycles. The number of carbonyl (C=O) groups is 1. The number of aromatic nitrogens is 1. The van der Waals surface area contributed by atoms with E-state index in [9.17, 15) is 9.90 Å². The molecule has 1 aromatic rings. The monoisotopic (exact) mass is 249 g/mol. The molecule has 2 heterocycles. The minimum Gasteiger partial charge on any atom is -0.394 e. The zero-order valence-electron chi connectivity index (χ0n) is 10.6. The second-order valence-corrected chi connectivity index (χ2v) is 4.75. The maximum Gasteiger partial charge on any atom is 0.254 e. The van der Waals surface area contributed by atoms with Gasteiger partial charge in [-0.15, -0.1) is 0 Å². The van der Waals surface area contributed by atoms with Gasteiger partial charge in [0.15, 0.2) is 0 Å². The van der Waals surface area contributed by atoms with Crippen molar-refractivity contribution >= 4 is 11.7 Å². The largest absolute Gasteiger partial charge is 0.394 e. The number of nitrogens with zero attached hydrogens (tertiary/aromatic N) is 2. The number of aliphatic hydroxyl groups excluding tert-OH is 1. The van der Waals surface area contributed by atoms with Crippen LogP contribution in [0.15, 0.2) is 12.1 Å². The number of nitrogen functional groups attached to an aromatic ring is 1. The van der Waals surface area contributed by atoms with Gasteiger partial charge in [-0.05, 0) is 38.3 Å². The molecule has 0 aromatic carbocycles. The number of hydrogen-bond acceptors (Lipinski definition) is 4. The van der Waals surface area contributed by atoms with E-state index in [0.717, 1.165) is 25.0 Å². The van der Waals surface area contributed by atoms with Crippen molar-refractivity contribution in [2.24, 2.45) is 0 Å². The van der Waals surface area contributed by atoms with Crippen molar-refractivity contribution in [2.45, 2.75) is 32.2 Å². The molecule has 18 heavy (non-hydrogen) atoms. The number of anilines is 1. The van der Waals surface area contributed by atoms with Crippen LogP contribution in [0.4, 0.5) is 5.82 Å². The van der Waals surface area contributed by atoms with Gasteiger partial charge in [-0.1, -0.05) is 0 Å². The van der Waals surface area contributed by atoms with E-state index < -0.39 is 0 Å². The molecule has 1 fully saturated rings. The molecule has 98 valence electrons. The fourth-order valence-corrected chi connectivity index (χ4v) is 2.44. The number of piperidine rings is 1. The number of aliphatic hydroxyl groups is 1. The number of hydrogen-bond donors (Lipinski definition) is 2. The second-order valence-electron chi connectivity index (χ2n) is 4.75. The van der Waals surface area contributed by atoms with Crippen LogP contribution in [0.5, 0.6) is 0 Å². The first kappa shape index (κ1) is 12.8. The molecule has 1 saturated heterocycles. The first-order chi connectivity index (χ1) is 8.61. The van der Waals surface area contributed by atoms with Crippen LogP contribution in [0.1, 0.15) is 35.3 Å². The quantitative estimate of drug-likeness (QED) is 0.818. The molecule has 0 bridgehead atoms. The van der Waals surface area contributed by atoms with Gasteiger partial charge in [-0.3, -0.25) is 4.79 Å². The Labute approximate surface area is 107 Å². The zero-order valence-corrected chi connectivity index (χ0v) is 10.6. The molecule has 5 nitrogen and oxygen atoms in total. The van der Waals surface area contributed by atoms with Crippen LogP contribution in [0.3, 0.4) is 0 Å². The summed E-state index contributed by atoms with van der Waals surface area (Å²) in [6, 6.07) is 3.26. The molecule has 5 heteroatoms. The lowest BCUT2D eigenvalue weighted by Gasteiger charge is -2.34. The number of likely N-dealkylation sites (tertiary alicyclic amines) is 1. The van der Waals surface area contributed by atoms with Crippen LogP contribution in [-0.4, -0.2) is 40.1 Å². The molecule has 1 aromatic heterocycles. The summed E-state index contributed by atoms with van der Waals surface area (Å²) in [4.78, 5) is 18.2. The van der Waals surface area contributed by atoms with E-state index in [0.29, 0.717) is 17.9 Å². The van der Waals surface area contributed by atoms with Crippen molar-refractivity contribution in [2.75, 3.05) is 18.9 Å². The average molecular weight is 249 g/mol. The van der Waals surface area contributed by atoms with E-state index in [2.05, 4.69) is 4.98 Å². The number of amides is 1. The molecule has 1 amide bonds. The van der Waals surface area contributed by atoms with E-state index in [1.54, 1.807) is 17.0 Å². The Balaban J connectivity index is 2.23. The van der Waals surface area contributed by atoms with Gasteiger partial charge in [-0.25, -0.2) is 4.98 Å². The van der Waals surface area contributed by atoms with Gasteiger partial charge in [-0.2, -0.15) is 0 Å². The topological polar surface area (TPSA) is 79.5 Å². The van der Waals surface area contributed by atoms with Crippen molar-refractivity contribution in [3.05, 3.63) is 23.4 Å². The standard InChI is InChI=1S/C13H19N3O2/c1-9-6-10(7-12(14)15-9)13(18)16-5-3-2-4-11(16)8-17/h6-7,11,17H,2-5,8H2,1H3,(H2,14,15). The molecule has 0 aliphatic carbocycles. The predicted octanol–water partition coefficient (Wildman–Crippen LogP) is 0.959. The summed E-state index contributed by atoms with van der Waals surface area (Å²) < 4.78 is 0. The van der Waals surface area contributed by atoms with Crippen LogP contribution in [-0.2, 0) is 0 Å². The molecule has 1 unspecified atom stereocenters. The lowest BCUT2D eigenvalue weighted by molar-refractivity contribution is 0.0503. The Morgan fingerprint density at radius 2 is 2.33 bits per heavy atom. The van der Waals surface area contributed by atoms with Gasteiger partial charge in [0.1, 0.15) is 5.82 Å². The highest BCUT2D eigenvalue weighted by atomic mass is 16.3. The highest BCUT2D eigenvalue weighted by molar-refractivity contribution is 5.95. The van der Waals surface area contributed by atoms with Gasteiger partial charge in [0.25, 0.3) is 5.91 Å². The lowest BCUT2D eigenvalue weighted by Crippen LogP contribution is -2.45. The van der Waals surface area contributed by atoms with Crippen molar-refractivity contribution in [3.63, 3.8) is 0 Å². The van der Waals surface area contributed by atoms with Gasteiger partial charge in [0, 0.05) is 17.8 Å². The summed E-state index contributed by atoms with van der Waals surface area (Å²) in [5.41, 5.74) is 6.95. The minimum atomic E-state index is -0.0686. The molecule has 1 aliphatic heterocycles. The molecule has 0 spiro atoms. The second kappa shape index (κ2) is 5.35. The molecule has 2 rings (SSSR count). The zero-order chi connectivity index (χ0) is 13.1. The molecule has 0 radical (unpaired) electrons. The smallest absolute Gasteiger partial charge is 0.254 e. The van der Waals surface area contributed by atoms with Crippen LogP contribution >= 0.6 is 0 Å². The van der Waals surface area contributed by atoms with E-state index in [4.69, 9.17) is 5.73 Å². The van der Waals surface area contributed by atoms with Crippen LogP contribution < -0.4 is 5.73 Å². The van der Waals surface area contributed by atoms with Crippen LogP contribution in [0.25, 0.3) is 0 Å². The lowest BCUT2D eigenvalue weighted by atomic mass is 10.0. The Morgan fingerprint density at radius 1 is 1.56 bits per heavy atom. The predicted molar refractivity (Wildman–Crippen MR) is 69.1 cm³/mol. The first-order valence-electron chi connectivity index (χ1n) is 6.28. The third kappa shape index (κ3) is 2.61. The molecule has 1 aliphatic rings. The van der Waals surface area contributed by atoms with Crippen LogP contribution in [0.2, 0.25) is 0 Å². The van der Waals surface area contributed by atoms with Crippen molar-refractivity contribution in [3.8, 4) is 0 Å². The summed E-state index contributed by atoms with van der Waals surface area (Å²) in [6.45, 7) is 2.53. The third-order valence-electron chi connectivity index (χ3n) is 3.32. The Bertz CT molecular complexity index is 428. The van der Waals surface area contributed by atoms with Crippen molar-refractivity contribution < 1.29 is 9.90 Å². The van der Waals surface area contributed by atoms with Gasteiger partial charge in [0.05, 0.1) is 12.6 Å². The number of pyridine rings is 1. The Morgan fingerprint density at radius 3 is 3.00 bits per heavy atom. The summed E-state index contributed by atoms with van der Waals surface area (Å²) in [7, 11) is 0. The van der Waals surface area contributed by atoms with E-state index in [1.807, 2.05) is 6.92 Å². The maximum absolute atomic E-state index is 12.4. The van der Waals surface area contributed by atoms with Gasteiger partial charge < -0.3 is 15.7 Å². The van der Waals surface area contributed by atoms with Gasteiger partial charge >= 0.3 is 0 Å². The normalized spacial score (nSPS) is 19.9. The fourth-order valence-electron chi connectivity index (χ4n) is 2.44. The summed E-state index contributed by atoms with van der Waals surface area (Å²) in [5, 5.41) is 9.34. The summed E-state index contributed by atoms with van der Waals surface area (Å²) >= 11 is 0. The van der Waals surface area contributed by atoms with Crippen molar-refractivity contribution in [1.82, 2.24) is 9.88 Å². The number of nitrogens with two attached hydrogens (primary N) is 1. The molecular formula is C13H19N3O2. The SMILES string of the molecule is Cc1cc(C(=O)N2CCCCC2CO)cc(N)n1. The molecule has 1 atom stereocenters. The number of rotatable bonds is 2. The Kier molecular flexibility index (Phi) is 3.81. The maximum atomic E-state index is 12.4. The van der Waals surface area contributed by atoms with E-state index in [1.165, 1.54) is 0 Å². The molecular weight excluding hydrogens is 230 g/mol. The number of carbonyl (C=O) groups excluding carboxylic acids is 1. The third-order valence-corrected chi connectivity index (χ3v) is 3.32. The average Bonchev–Trinajstić information content (AvgIpc) is 2.36. The van der Waals surface area contributed by atoms with Gasteiger partial charge in [0.2, 0.25) is 0 Å². The number of aryl methyl sites for hydroxylation is 1. The Hall–Kier alpha value is -1.62. The van der Waals surface area contributed by atoms with E-state index in [-0.39, 0.29) is 18.6 Å². The highest BCUT2D eigenvalue weighted by Gasteiger charge is 2.27. The highest BCUT2D eigenvalue weighted by Crippen LogP contribution is 2.20. The van der Waals surface area contributed by atoms with Crippen molar-refractivity contribution in [1.29, 1.82) is 0 Å².